The molecule has 0 saturated carbocycles. The average molecular weight is 531 g/mol. The number of piperazine rings is 1. The van der Waals surface area contributed by atoms with Crippen LogP contribution in [0.1, 0.15) is 36.8 Å². The summed E-state index contributed by atoms with van der Waals surface area (Å²) in [6.45, 7) is 8.50. The van der Waals surface area contributed by atoms with E-state index in [0.717, 1.165) is 74.3 Å². The topological polar surface area (TPSA) is 66.0 Å². The van der Waals surface area contributed by atoms with E-state index in [4.69, 9.17) is 14.5 Å². The Morgan fingerprint density at radius 3 is 2.36 bits per heavy atom. The Labute approximate surface area is 233 Å². The first-order valence-corrected chi connectivity index (χ1v) is 14.2. The highest BCUT2D eigenvalue weighted by Crippen LogP contribution is 2.29. The third-order valence-corrected chi connectivity index (χ3v) is 7.77. The fourth-order valence-electron chi connectivity index (χ4n) is 5.58. The Balaban J connectivity index is 1.43. The van der Waals surface area contributed by atoms with E-state index in [9.17, 15) is 0 Å². The van der Waals surface area contributed by atoms with Crippen molar-refractivity contribution < 1.29 is 9.47 Å². The number of fused-ring (bicyclic) bond motifs is 9. The van der Waals surface area contributed by atoms with Crippen molar-refractivity contribution in [3.05, 3.63) is 59.8 Å². The maximum absolute atomic E-state index is 5.70. The summed E-state index contributed by atoms with van der Waals surface area (Å²) in [7, 11) is 5.65. The monoisotopic (exact) mass is 530 g/mol. The molecule has 3 aromatic rings. The number of ether oxygens (including phenoxy) is 2. The molecule has 8 bridgehead atoms. The molecule has 0 radical (unpaired) electrons. The highest BCUT2D eigenvalue weighted by atomic mass is 16.5. The van der Waals surface area contributed by atoms with Crippen LogP contribution in [0.2, 0.25) is 0 Å². The van der Waals surface area contributed by atoms with E-state index in [2.05, 4.69) is 56.3 Å². The van der Waals surface area contributed by atoms with Crippen molar-refractivity contribution in [2.75, 3.05) is 65.9 Å². The smallest absolute Gasteiger partial charge is 0.227 e. The molecule has 3 aliphatic heterocycles. The van der Waals surface area contributed by atoms with E-state index in [1.807, 2.05) is 24.4 Å². The molecular formula is C31H42N6O2. The molecule has 2 aromatic carbocycles. The Morgan fingerprint density at radius 1 is 0.769 bits per heavy atom. The molecule has 8 heteroatoms. The van der Waals surface area contributed by atoms with Gasteiger partial charge in [-0.2, -0.15) is 0 Å². The second-order valence-electron chi connectivity index (χ2n) is 10.8. The van der Waals surface area contributed by atoms with E-state index >= 15 is 0 Å². The molecule has 6 rings (SSSR count). The molecule has 1 aromatic heterocycles. The van der Waals surface area contributed by atoms with Gasteiger partial charge in [-0.1, -0.05) is 12.8 Å². The lowest BCUT2D eigenvalue weighted by molar-refractivity contribution is 0.125. The van der Waals surface area contributed by atoms with Gasteiger partial charge in [-0.25, -0.2) is 9.97 Å². The number of rotatable bonds is 2. The van der Waals surface area contributed by atoms with Crippen LogP contribution in [0, 0.1) is 0 Å². The molecule has 1 fully saturated rings. The van der Waals surface area contributed by atoms with Crippen LogP contribution < -0.4 is 14.8 Å². The predicted octanol–water partition coefficient (Wildman–Crippen LogP) is 5.03. The zero-order valence-corrected chi connectivity index (χ0v) is 23.7. The van der Waals surface area contributed by atoms with Gasteiger partial charge in [0.15, 0.2) is 0 Å². The van der Waals surface area contributed by atoms with Gasteiger partial charge in [0.1, 0.15) is 11.5 Å². The number of hydrogen-bond acceptors (Lipinski definition) is 8. The van der Waals surface area contributed by atoms with Gasteiger partial charge >= 0.3 is 0 Å². The third-order valence-electron chi connectivity index (χ3n) is 7.77. The van der Waals surface area contributed by atoms with E-state index in [0.29, 0.717) is 5.95 Å². The SMILES string of the molecule is COc1cc2cc(c1)Nc1nccc(n1)-c1ccc(OC)c(c1)CN(C)CCCCCCN1CCN(CC1)C2. The quantitative estimate of drug-likeness (QED) is 0.495. The van der Waals surface area contributed by atoms with Gasteiger partial charge in [0.05, 0.1) is 19.9 Å². The van der Waals surface area contributed by atoms with Gasteiger partial charge in [0, 0.05) is 68.3 Å². The first-order chi connectivity index (χ1) is 19.1. The minimum absolute atomic E-state index is 0.563. The van der Waals surface area contributed by atoms with Crippen molar-refractivity contribution in [3.63, 3.8) is 0 Å². The summed E-state index contributed by atoms with van der Waals surface area (Å²) in [5.41, 5.74) is 5.24. The number of nitrogens with zero attached hydrogens (tertiary/aromatic N) is 5. The maximum Gasteiger partial charge on any atom is 0.227 e. The minimum Gasteiger partial charge on any atom is -0.497 e. The summed E-state index contributed by atoms with van der Waals surface area (Å²) >= 11 is 0. The number of methoxy groups -OCH3 is 2. The summed E-state index contributed by atoms with van der Waals surface area (Å²) in [5, 5.41) is 3.42. The lowest BCUT2D eigenvalue weighted by atomic mass is 10.1. The van der Waals surface area contributed by atoms with Crippen LogP contribution in [-0.4, -0.2) is 85.2 Å². The number of aromatic nitrogens is 2. The molecule has 3 aliphatic rings. The molecule has 39 heavy (non-hydrogen) atoms. The van der Waals surface area contributed by atoms with Gasteiger partial charge in [-0.15, -0.1) is 0 Å². The van der Waals surface area contributed by atoms with Gasteiger partial charge in [0.2, 0.25) is 5.95 Å². The van der Waals surface area contributed by atoms with Crippen molar-refractivity contribution in [2.45, 2.75) is 38.8 Å². The zero-order chi connectivity index (χ0) is 27.0. The lowest BCUT2D eigenvalue weighted by Gasteiger charge is -2.34. The second-order valence-corrected chi connectivity index (χ2v) is 10.8. The van der Waals surface area contributed by atoms with Crippen LogP contribution in [0.3, 0.4) is 0 Å². The van der Waals surface area contributed by atoms with Gasteiger partial charge < -0.3 is 24.6 Å². The molecule has 1 saturated heterocycles. The second kappa shape index (κ2) is 13.2. The largest absolute Gasteiger partial charge is 0.497 e. The average Bonchev–Trinajstić information content (AvgIpc) is 2.95. The van der Waals surface area contributed by atoms with E-state index in [1.54, 1.807) is 14.2 Å². The highest BCUT2D eigenvalue weighted by molar-refractivity contribution is 5.65. The molecule has 0 atom stereocenters. The third kappa shape index (κ3) is 7.47. The van der Waals surface area contributed by atoms with Crippen molar-refractivity contribution in [2.24, 2.45) is 0 Å². The Morgan fingerprint density at radius 2 is 1.56 bits per heavy atom. The number of anilines is 2. The van der Waals surface area contributed by atoms with Crippen LogP contribution in [0.25, 0.3) is 11.3 Å². The fourth-order valence-corrected chi connectivity index (χ4v) is 5.58. The molecule has 0 spiro atoms. The summed E-state index contributed by atoms with van der Waals surface area (Å²) in [6, 6.07) is 14.6. The molecule has 208 valence electrons. The molecule has 1 N–H and O–H groups in total. The molecular weight excluding hydrogens is 488 g/mol. The fraction of sp³-hybridized carbons (Fsp3) is 0.484. The van der Waals surface area contributed by atoms with Gasteiger partial charge in [-0.05, 0) is 74.9 Å². The van der Waals surface area contributed by atoms with Gasteiger partial charge in [-0.3, -0.25) is 4.90 Å². The standard InChI is InChI=1S/C31H42N6O2/c1-35-12-6-4-5-7-13-36-14-16-37(17-15-36)22-24-18-27(21-28(19-24)38-2)33-31-32-11-10-29(34-31)25-8-9-30(39-3)26(20-25)23-35/h8-11,18-21H,4-7,12-17,22-23H2,1-3H3,(H,32,33,34). The Kier molecular flexibility index (Phi) is 9.29. The summed E-state index contributed by atoms with van der Waals surface area (Å²) in [5.74, 6) is 2.31. The van der Waals surface area contributed by atoms with Crippen LogP contribution >= 0.6 is 0 Å². The van der Waals surface area contributed by atoms with Gasteiger partial charge in [0.25, 0.3) is 0 Å². The summed E-state index contributed by atoms with van der Waals surface area (Å²) < 4.78 is 11.3. The number of nitrogens with one attached hydrogen (secondary N) is 1. The zero-order valence-electron chi connectivity index (χ0n) is 23.7. The van der Waals surface area contributed by atoms with E-state index in [-0.39, 0.29) is 0 Å². The summed E-state index contributed by atoms with van der Waals surface area (Å²) in [6.07, 6.45) is 6.88. The number of benzene rings is 2. The van der Waals surface area contributed by atoms with Crippen LogP contribution in [0.15, 0.2) is 48.7 Å². The first kappa shape index (κ1) is 27.4. The Hall–Kier alpha value is -3.20. The minimum atomic E-state index is 0.563. The lowest BCUT2D eigenvalue weighted by Crippen LogP contribution is -2.46. The van der Waals surface area contributed by atoms with E-state index in [1.165, 1.54) is 43.4 Å². The van der Waals surface area contributed by atoms with Crippen molar-refractivity contribution in [1.82, 2.24) is 24.7 Å². The highest BCUT2D eigenvalue weighted by Gasteiger charge is 2.18. The van der Waals surface area contributed by atoms with Crippen LogP contribution in [0.4, 0.5) is 11.6 Å². The number of hydrogen-bond donors (Lipinski definition) is 1. The normalized spacial score (nSPS) is 21.1. The molecule has 0 unspecified atom stereocenters. The van der Waals surface area contributed by atoms with Crippen LogP contribution in [0.5, 0.6) is 11.5 Å². The van der Waals surface area contributed by atoms with Crippen LogP contribution in [-0.2, 0) is 13.1 Å². The molecule has 0 aliphatic carbocycles. The van der Waals surface area contributed by atoms with Crippen molar-refractivity contribution in [1.29, 1.82) is 0 Å². The molecule has 8 nitrogen and oxygen atoms in total. The summed E-state index contributed by atoms with van der Waals surface area (Å²) in [4.78, 5) is 16.9. The van der Waals surface area contributed by atoms with Crippen molar-refractivity contribution >= 4 is 11.6 Å². The molecule has 0 amide bonds. The first-order valence-electron chi connectivity index (χ1n) is 14.2. The Bertz CT molecular complexity index is 1230. The van der Waals surface area contributed by atoms with E-state index < -0.39 is 0 Å². The maximum atomic E-state index is 5.70. The predicted molar refractivity (Wildman–Crippen MR) is 157 cm³/mol. The molecule has 4 heterocycles. The van der Waals surface area contributed by atoms with Crippen molar-refractivity contribution in [3.8, 4) is 22.8 Å².